The van der Waals surface area contributed by atoms with E-state index in [9.17, 15) is 16.8 Å². The minimum absolute atomic E-state index is 0.0296. The number of nitrogens with one attached hydrogen (secondary N) is 2. The van der Waals surface area contributed by atoms with E-state index in [1.54, 1.807) is 18.2 Å². The van der Waals surface area contributed by atoms with Crippen molar-refractivity contribution in [3.05, 3.63) is 24.4 Å². The highest BCUT2D eigenvalue weighted by Crippen LogP contribution is 2.24. The van der Waals surface area contributed by atoms with Gasteiger partial charge in [0.2, 0.25) is 20.0 Å². The molecule has 0 saturated heterocycles. The highest BCUT2D eigenvalue weighted by molar-refractivity contribution is 7.90. The number of aromatic amines is 1. The van der Waals surface area contributed by atoms with Crippen LogP contribution in [0.15, 0.2) is 29.3 Å². The molecular weight excluding hydrogens is 304 g/mol. The highest BCUT2D eigenvalue weighted by Gasteiger charge is 2.19. The van der Waals surface area contributed by atoms with E-state index in [0.29, 0.717) is 16.6 Å². The predicted octanol–water partition coefficient (Wildman–Crippen LogP) is -0.683. The Kier molecular flexibility index (Phi) is 3.73. The van der Waals surface area contributed by atoms with Crippen LogP contribution in [0.5, 0.6) is 0 Å². The Morgan fingerprint density at radius 1 is 1.20 bits per heavy atom. The summed E-state index contributed by atoms with van der Waals surface area (Å²) in [6.07, 6.45) is 1.32. The predicted molar refractivity (Wildman–Crippen MR) is 75.9 cm³/mol. The topological polar surface area (TPSA) is 148 Å². The molecule has 0 aliphatic heterocycles. The molecule has 6 N–H and O–H groups in total. The number of hydrogen-bond donors (Lipinski definition) is 4. The minimum Gasteiger partial charge on any atom is -0.399 e. The number of sulfonamides is 2. The second-order valence-electron chi connectivity index (χ2n) is 4.22. The van der Waals surface area contributed by atoms with Crippen LogP contribution in [0.25, 0.3) is 10.9 Å². The smallest absolute Gasteiger partial charge is 0.242 e. The van der Waals surface area contributed by atoms with Gasteiger partial charge in [-0.2, -0.15) is 0 Å². The van der Waals surface area contributed by atoms with Gasteiger partial charge in [-0.3, -0.25) is 0 Å². The Hall–Kier alpha value is -1.62. The zero-order valence-electron chi connectivity index (χ0n) is 10.3. The molecule has 8 nitrogen and oxygen atoms in total. The maximum Gasteiger partial charge on any atom is 0.242 e. The van der Waals surface area contributed by atoms with E-state index >= 15 is 0 Å². The standard InChI is InChI=1S/C10H14N4O4S2/c11-7-1-2-8-9(5-7)13-6-10(8)20(17,18)14-3-4-19(12,15)16/h1-2,5-6,13-14H,3-4,11H2,(H2,12,15,16). The molecule has 0 fully saturated rings. The van der Waals surface area contributed by atoms with Crippen LogP contribution in [0.4, 0.5) is 5.69 Å². The van der Waals surface area contributed by atoms with Crippen molar-refractivity contribution in [2.75, 3.05) is 18.0 Å². The Bertz CT molecular complexity index is 839. The van der Waals surface area contributed by atoms with Crippen LogP contribution >= 0.6 is 0 Å². The summed E-state index contributed by atoms with van der Waals surface area (Å²) < 4.78 is 47.9. The van der Waals surface area contributed by atoms with Crippen LogP contribution in [0, 0.1) is 0 Å². The van der Waals surface area contributed by atoms with Gasteiger partial charge < -0.3 is 10.7 Å². The van der Waals surface area contributed by atoms with Crippen LogP contribution in [-0.2, 0) is 20.0 Å². The number of rotatable bonds is 5. The molecule has 0 aliphatic carbocycles. The van der Waals surface area contributed by atoms with E-state index in [4.69, 9.17) is 10.9 Å². The van der Waals surface area contributed by atoms with Gasteiger partial charge in [0.15, 0.2) is 0 Å². The van der Waals surface area contributed by atoms with Crippen molar-refractivity contribution >= 4 is 36.6 Å². The number of nitrogen functional groups attached to an aromatic ring is 1. The maximum absolute atomic E-state index is 12.1. The monoisotopic (exact) mass is 318 g/mol. The summed E-state index contributed by atoms with van der Waals surface area (Å²) in [7, 11) is -7.54. The Labute approximate surface area is 116 Å². The number of anilines is 1. The molecule has 0 unspecified atom stereocenters. The van der Waals surface area contributed by atoms with Gasteiger partial charge in [0.05, 0.1) is 5.75 Å². The van der Waals surface area contributed by atoms with Gasteiger partial charge in [-0.25, -0.2) is 26.7 Å². The first-order valence-electron chi connectivity index (χ1n) is 5.56. The molecule has 1 aromatic heterocycles. The van der Waals surface area contributed by atoms with E-state index < -0.39 is 25.8 Å². The van der Waals surface area contributed by atoms with E-state index in [1.165, 1.54) is 6.20 Å². The molecule has 110 valence electrons. The van der Waals surface area contributed by atoms with Gasteiger partial charge in [-0.15, -0.1) is 0 Å². The van der Waals surface area contributed by atoms with Gasteiger partial charge >= 0.3 is 0 Å². The van der Waals surface area contributed by atoms with Gasteiger partial charge in [-0.05, 0) is 18.2 Å². The Balaban J connectivity index is 2.28. The fraction of sp³-hybridized carbons (Fsp3) is 0.200. The molecule has 1 aromatic carbocycles. The lowest BCUT2D eigenvalue weighted by molar-refractivity contribution is 0.582. The summed E-state index contributed by atoms with van der Waals surface area (Å²) in [6.45, 7) is -0.289. The minimum atomic E-state index is -3.82. The number of H-pyrrole nitrogens is 1. The highest BCUT2D eigenvalue weighted by atomic mass is 32.2. The number of primary sulfonamides is 1. The summed E-state index contributed by atoms with van der Waals surface area (Å²) in [5.41, 5.74) is 6.69. The summed E-state index contributed by atoms with van der Waals surface area (Å²) in [5.74, 6) is -0.471. The zero-order valence-corrected chi connectivity index (χ0v) is 12.0. The number of fused-ring (bicyclic) bond motifs is 1. The van der Waals surface area contributed by atoms with Crippen molar-refractivity contribution < 1.29 is 16.8 Å². The quantitative estimate of drug-likeness (QED) is 0.539. The van der Waals surface area contributed by atoms with Crippen LogP contribution in [0.1, 0.15) is 0 Å². The molecule has 1 heterocycles. The SMILES string of the molecule is Nc1ccc2c(S(=O)(=O)NCCS(N)(=O)=O)c[nH]c2c1. The van der Waals surface area contributed by atoms with E-state index in [2.05, 4.69) is 9.71 Å². The van der Waals surface area contributed by atoms with Crippen molar-refractivity contribution in [1.29, 1.82) is 0 Å². The molecular formula is C10H14N4O4S2. The van der Waals surface area contributed by atoms with Gasteiger partial charge in [-0.1, -0.05) is 0 Å². The van der Waals surface area contributed by atoms with Crippen LogP contribution in [-0.4, -0.2) is 34.1 Å². The van der Waals surface area contributed by atoms with Crippen LogP contribution in [0.2, 0.25) is 0 Å². The second-order valence-corrected chi connectivity index (χ2v) is 7.69. The first kappa shape index (κ1) is 14.8. The first-order chi connectivity index (χ1) is 9.19. The van der Waals surface area contributed by atoms with Crippen molar-refractivity contribution in [1.82, 2.24) is 9.71 Å². The average molecular weight is 318 g/mol. The van der Waals surface area contributed by atoms with Gasteiger partial charge in [0.1, 0.15) is 4.90 Å². The number of nitrogens with two attached hydrogens (primary N) is 2. The molecule has 0 atom stereocenters. The van der Waals surface area contributed by atoms with E-state index in [1.807, 2.05) is 0 Å². The van der Waals surface area contributed by atoms with Gasteiger partial charge in [0, 0.05) is 29.3 Å². The van der Waals surface area contributed by atoms with Crippen molar-refractivity contribution in [3.8, 4) is 0 Å². The molecule has 0 radical (unpaired) electrons. The van der Waals surface area contributed by atoms with Gasteiger partial charge in [0.25, 0.3) is 0 Å². The molecule has 2 aromatic rings. The lowest BCUT2D eigenvalue weighted by Gasteiger charge is -2.05. The second kappa shape index (κ2) is 5.05. The lowest BCUT2D eigenvalue weighted by Crippen LogP contribution is -2.31. The Morgan fingerprint density at radius 2 is 1.90 bits per heavy atom. The molecule has 2 rings (SSSR count). The van der Waals surface area contributed by atoms with Crippen molar-refractivity contribution in [3.63, 3.8) is 0 Å². The molecule has 0 amide bonds. The van der Waals surface area contributed by atoms with E-state index in [-0.39, 0.29) is 11.4 Å². The third-order valence-electron chi connectivity index (χ3n) is 2.64. The van der Waals surface area contributed by atoms with Crippen LogP contribution in [0.3, 0.4) is 0 Å². The summed E-state index contributed by atoms with van der Waals surface area (Å²) in [5, 5.41) is 5.28. The van der Waals surface area contributed by atoms with E-state index in [0.717, 1.165) is 0 Å². The third-order valence-corrected chi connectivity index (χ3v) is 4.91. The number of benzene rings is 1. The first-order valence-corrected chi connectivity index (χ1v) is 8.76. The average Bonchev–Trinajstić information content (AvgIpc) is 2.70. The maximum atomic E-state index is 12.1. The molecule has 0 saturated carbocycles. The zero-order chi connectivity index (χ0) is 15.0. The number of aromatic nitrogens is 1. The molecule has 0 spiro atoms. The fourth-order valence-corrected chi connectivity index (χ4v) is 3.46. The summed E-state index contributed by atoms with van der Waals surface area (Å²) in [4.78, 5) is 2.83. The largest absolute Gasteiger partial charge is 0.399 e. The van der Waals surface area contributed by atoms with Crippen molar-refractivity contribution in [2.24, 2.45) is 5.14 Å². The molecule has 0 bridgehead atoms. The lowest BCUT2D eigenvalue weighted by atomic mass is 10.2. The summed E-state index contributed by atoms with van der Waals surface area (Å²) in [6, 6.07) is 4.77. The molecule has 0 aliphatic rings. The van der Waals surface area contributed by atoms with Crippen LogP contribution < -0.4 is 15.6 Å². The third kappa shape index (κ3) is 3.28. The number of hydrogen-bond acceptors (Lipinski definition) is 5. The fourth-order valence-electron chi connectivity index (χ4n) is 1.74. The molecule has 10 heteroatoms. The normalized spacial score (nSPS) is 12.8. The summed E-state index contributed by atoms with van der Waals surface area (Å²) >= 11 is 0. The van der Waals surface area contributed by atoms with Crippen molar-refractivity contribution in [2.45, 2.75) is 4.90 Å². The Morgan fingerprint density at radius 3 is 2.55 bits per heavy atom. The molecule has 20 heavy (non-hydrogen) atoms.